The maximum absolute atomic E-state index is 12.6. The number of piperazine rings is 1. The lowest BCUT2D eigenvalue weighted by molar-refractivity contribution is -0.131. The molecule has 2 fully saturated rings. The van der Waals surface area contributed by atoms with Crippen LogP contribution in [-0.4, -0.2) is 74.0 Å². The van der Waals surface area contributed by atoms with Gasteiger partial charge in [-0.25, -0.2) is 0 Å². The van der Waals surface area contributed by atoms with E-state index in [2.05, 4.69) is 22.9 Å². The number of carbonyl (C=O) groups excluding carboxylic acids is 1. The Morgan fingerprint density at radius 3 is 2.75 bits per heavy atom. The van der Waals surface area contributed by atoms with Crippen molar-refractivity contribution >= 4 is 17.5 Å². The van der Waals surface area contributed by atoms with Crippen molar-refractivity contribution in [3.63, 3.8) is 0 Å². The van der Waals surface area contributed by atoms with Gasteiger partial charge < -0.3 is 14.7 Å². The van der Waals surface area contributed by atoms with Crippen LogP contribution in [-0.2, 0) is 4.79 Å². The first kappa shape index (κ1) is 17.7. The second-order valence-electron chi connectivity index (χ2n) is 7.26. The van der Waals surface area contributed by atoms with E-state index in [1.165, 1.54) is 5.56 Å². The minimum absolute atomic E-state index is 0.150. The molecule has 1 aliphatic carbocycles. The number of amides is 1. The summed E-state index contributed by atoms with van der Waals surface area (Å²) in [5.74, 6) is 0.798. The zero-order valence-electron chi connectivity index (χ0n) is 14.7. The van der Waals surface area contributed by atoms with E-state index in [-0.39, 0.29) is 5.92 Å². The Labute approximate surface area is 150 Å². The number of halogens is 1. The maximum Gasteiger partial charge on any atom is 0.226 e. The summed E-state index contributed by atoms with van der Waals surface area (Å²) in [6.07, 6.45) is 2.02. The smallest absolute Gasteiger partial charge is 0.226 e. The Hall–Kier alpha value is -1.10. The minimum Gasteiger partial charge on any atom is -0.345 e. The molecule has 4 nitrogen and oxygen atoms in total. The van der Waals surface area contributed by atoms with Crippen LogP contribution in [0.2, 0.25) is 5.02 Å². The van der Waals surface area contributed by atoms with Crippen molar-refractivity contribution in [2.45, 2.75) is 18.8 Å². The lowest BCUT2D eigenvalue weighted by Gasteiger charge is -2.32. The molecule has 2 aliphatic rings. The molecule has 1 aromatic rings. The van der Waals surface area contributed by atoms with E-state index in [4.69, 9.17) is 11.6 Å². The highest BCUT2D eigenvalue weighted by atomic mass is 35.5. The van der Waals surface area contributed by atoms with Crippen LogP contribution in [0.25, 0.3) is 0 Å². The average Bonchev–Trinajstić information content (AvgIpc) is 3.36. The van der Waals surface area contributed by atoms with Gasteiger partial charge in [-0.15, -0.1) is 0 Å². The summed E-state index contributed by atoms with van der Waals surface area (Å²) < 4.78 is 0. The molecular weight excluding hydrogens is 322 g/mol. The lowest BCUT2D eigenvalue weighted by Crippen LogP contribution is -2.45. The summed E-state index contributed by atoms with van der Waals surface area (Å²) in [5, 5.41) is 0.756. The summed E-state index contributed by atoms with van der Waals surface area (Å²) in [5.41, 5.74) is 1.20. The molecule has 0 bridgehead atoms. The highest BCUT2D eigenvalue weighted by Gasteiger charge is 2.45. The van der Waals surface area contributed by atoms with Gasteiger partial charge in [0.25, 0.3) is 0 Å². The predicted octanol–water partition coefficient (Wildman–Crippen LogP) is 2.54. The van der Waals surface area contributed by atoms with Crippen LogP contribution in [0.3, 0.4) is 0 Å². The number of benzene rings is 1. The third-order valence-electron chi connectivity index (χ3n) is 5.32. The van der Waals surface area contributed by atoms with Crippen LogP contribution in [0, 0.1) is 5.92 Å². The summed E-state index contributed by atoms with van der Waals surface area (Å²) in [7, 11) is 4.12. The van der Waals surface area contributed by atoms with Gasteiger partial charge in [0.2, 0.25) is 5.91 Å². The molecule has 5 heteroatoms. The molecule has 0 radical (unpaired) electrons. The van der Waals surface area contributed by atoms with Crippen LogP contribution in [0.5, 0.6) is 0 Å². The largest absolute Gasteiger partial charge is 0.345 e. The van der Waals surface area contributed by atoms with Crippen molar-refractivity contribution in [1.82, 2.24) is 14.7 Å². The molecule has 1 saturated heterocycles. The number of hydrogen-bond donors (Lipinski definition) is 0. The Morgan fingerprint density at radius 2 is 2.04 bits per heavy atom. The highest BCUT2D eigenvalue weighted by molar-refractivity contribution is 6.30. The van der Waals surface area contributed by atoms with E-state index < -0.39 is 0 Å². The van der Waals surface area contributed by atoms with Crippen LogP contribution >= 0.6 is 11.6 Å². The number of hydrogen-bond acceptors (Lipinski definition) is 3. The van der Waals surface area contributed by atoms with Gasteiger partial charge in [-0.3, -0.25) is 4.79 Å². The monoisotopic (exact) mass is 349 g/mol. The fourth-order valence-corrected chi connectivity index (χ4v) is 3.77. The van der Waals surface area contributed by atoms with Crippen molar-refractivity contribution in [3.05, 3.63) is 34.9 Å². The van der Waals surface area contributed by atoms with Crippen LogP contribution in [0.1, 0.15) is 24.3 Å². The second-order valence-corrected chi connectivity index (χ2v) is 7.70. The lowest BCUT2D eigenvalue weighted by atomic mass is 10.1. The standard InChI is InChI=1S/C19H28ClN3O/c1-21-9-11-23(12-10-21)8-4-7-22(2)19(24)18-14-17(18)15-5-3-6-16(20)13-15/h3,5-6,13,17-18H,4,7-12,14H2,1-2H3. The molecule has 1 amide bonds. The number of carbonyl (C=O) groups is 1. The van der Waals surface area contributed by atoms with Crippen LogP contribution in [0.15, 0.2) is 24.3 Å². The van der Waals surface area contributed by atoms with Crippen molar-refractivity contribution < 1.29 is 4.79 Å². The normalized spacial score (nSPS) is 24.8. The summed E-state index contributed by atoms with van der Waals surface area (Å²) in [6.45, 7) is 6.54. The van der Waals surface area contributed by atoms with Gasteiger partial charge >= 0.3 is 0 Å². The molecule has 2 unspecified atom stereocenters. The van der Waals surface area contributed by atoms with Gasteiger partial charge in [-0.05, 0) is 50.0 Å². The second kappa shape index (κ2) is 7.85. The third-order valence-corrected chi connectivity index (χ3v) is 5.56. The molecule has 2 atom stereocenters. The van der Waals surface area contributed by atoms with Gasteiger partial charge in [0.05, 0.1) is 0 Å². The van der Waals surface area contributed by atoms with E-state index >= 15 is 0 Å². The topological polar surface area (TPSA) is 26.8 Å². The van der Waals surface area contributed by atoms with E-state index in [0.717, 1.165) is 57.1 Å². The van der Waals surface area contributed by atoms with Crippen molar-refractivity contribution in [3.8, 4) is 0 Å². The number of likely N-dealkylation sites (N-methyl/N-ethyl adjacent to an activating group) is 1. The van der Waals surface area contributed by atoms with Gasteiger partial charge in [0, 0.05) is 50.7 Å². The van der Waals surface area contributed by atoms with Crippen molar-refractivity contribution in [1.29, 1.82) is 0 Å². The van der Waals surface area contributed by atoms with E-state index in [0.29, 0.717) is 11.8 Å². The predicted molar refractivity (Wildman–Crippen MR) is 98.5 cm³/mol. The quantitative estimate of drug-likeness (QED) is 0.789. The number of nitrogens with zero attached hydrogens (tertiary/aromatic N) is 3. The molecule has 1 saturated carbocycles. The molecular formula is C19H28ClN3O. The fraction of sp³-hybridized carbons (Fsp3) is 0.632. The molecule has 0 aromatic heterocycles. The Kier molecular flexibility index (Phi) is 5.80. The molecule has 0 N–H and O–H groups in total. The number of rotatable bonds is 6. The molecule has 24 heavy (non-hydrogen) atoms. The Bertz CT molecular complexity index is 571. The first-order valence-corrected chi connectivity index (χ1v) is 9.34. The molecule has 1 aromatic carbocycles. The highest BCUT2D eigenvalue weighted by Crippen LogP contribution is 2.48. The van der Waals surface area contributed by atoms with E-state index in [1.54, 1.807) is 0 Å². The average molecular weight is 350 g/mol. The Morgan fingerprint density at radius 1 is 1.29 bits per heavy atom. The molecule has 3 rings (SSSR count). The first-order valence-electron chi connectivity index (χ1n) is 8.96. The molecule has 1 heterocycles. The van der Waals surface area contributed by atoms with Gasteiger partial charge in [-0.1, -0.05) is 23.7 Å². The first-order chi connectivity index (χ1) is 11.5. The van der Waals surface area contributed by atoms with Crippen LogP contribution < -0.4 is 0 Å². The van der Waals surface area contributed by atoms with Gasteiger partial charge in [0.15, 0.2) is 0 Å². The minimum atomic E-state index is 0.150. The van der Waals surface area contributed by atoms with Gasteiger partial charge in [-0.2, -0.15) is 0 Å². The summed E-state index contributed by atoms with van der Waals surface area (Å²) in [4.78, 5) is 19.4. The molecule has 132 valence electrons. The van der Waals surface area contributed by atoms with Crippen LogP contribution in [0.4, 0.5) is 0 Å². The summed E-state index contributed by atoms with van der Waals surface area (Å²) in [6, 6.07) is 7.93. The SMILES string of the molecule is CN1CCN(CCCN(C)C(=O)C2CC2c2cccc(Cl)c2)CC1. The van der Waals surface area contributed by atoms with Crippen molar-refractivity contribution in [2.75, 3.05) is 53.4 Å². The molecule has 0 spiro atoms. The maximum atomic E-state index is 12.6. The molecule has 1 aliphatic heterocycles. The fourth-order valence-electron chi connectivity index (χ4n) is 3.57. The zero-order valence-corrected chi connectivity index (χ0v) is 15.5. The third kappa shape index (κ3) is 4.50. The Balaban J connectivity index is 1.40. The zero-order chi connectivity index (χ0) is 17.1. The van der Waals surface area contributed by atoms with E-state index in [1.807, 2.05) is 30.1 Å². The van der Waals surface area contributed by atoms with Crippen molar-refractivity contribution in [2.24, 2.45) is 5.92 Å². The van der Waals surface area contributed by atoms with E-state index in [9.17, 15) is 4.79 Å². The summed E-state index contributed by atoms with van der Waals surface area (Å²) >= 11 is 6.05. The van der Waals surface area contributed by atoms with Gasteiger partial charge in [0.1, 0.15) is 0 Å².